The van der Waals surface area contributed by atoms with Crippen molar-refractivity contribution in [2.24, 2.45) is 0 Å². The molecule has 2 heterocycles. The van der Waals surface area contributed by atoms with E-state index < -0.39 is 0 Å². The molecular formula is C22H18FN3O3S. The SMILES string of the molecule is COc1ccccc1NC(=O)Cc1nc2sc(C)c(-c3ccc(F)cc3)c2c(=O)[nH]1. The molecule has 0 saturated carbocycles. The average molecular weight is 423 g/mol. The smallest absolute Gasteiger partial charge is 0.260 e. The summed E-state index contributed by atoms with van der Waals surface area (Å²) < 4.78 is 18.5. The molecule has 1 amide bonds. The van der Waals surface area contributed by atoms with Crippen molar-refractivity contribution in [1.82, 2.24) is 9.97 Å². The van der Waals surface area contributed by atoms with Gasteiger partial charge < -0.3 is 15.0 Å². The van der Waals surface area contributed by atoms with E-state index in [9.17, 15) is 14.0 Å². The van der Waals surface area contributed by atoms with Crippen molar-refractivity contribution in [3.8, 4) is 16.9 Å². The number of aromatic amines is 1. The average Bonchev–Trinajstić information content (AvgIpc) is 3.05. The van der Waals surface area contributed by atoms with Crippen molar-refractivity contribution in [2.45, 2.75) is 13.3 Å². The van der Waals surface area contributed by atoms with Gasteiger partial charge in [-0.2, -0.15) is 0 Å². The zero-order valence-corrected chi connectivity index (χ0v) is 17.1. The quantitative estimate of drug-likeness (QED) is 0.502. The number of aromatic nitrogens is 2. The Morgan fingerprint density at radius 3 is 2.67 bits per heavy atom. The minimum atomic E-state index is -0.341. The van der Waals surface area contributed by atoms with E-state index in [1.165, 1.54) is 30.6 Å². The second-order valence-corrected chi connectivity index (χ2v) is 7.86. The summed E-state index contributed by atoms with van der Waals surface area (Å²) in [7, 11) is 1.52. The number of hydrogen-bond donors (Lipinski definition) is 2. The van der Waals surface area contributed by atoms with E-state index in [2.05, 4.69) is 15.3 Å². The van der Waals surface area contributed by atoms with Crippen LogP contribution >= 0.6 is 11.3 Å². The van der Waals surface area contributed by atoms with Gasteiger partial charge in [-0.15, -0.1) is 11.3 Å². The molecule has 4 rings (SSSR count). The lowest BCUT2D eigenvalue weighted by Crippen LogP contribution is -2.19. The van der Waals surface area contributed by atoms with Crippen LogP contribution in [-0.2, 0) is 11.2 Å². The lowest BCUT2D eigenvalue weighted by atomic mass is 10.0. The number of fused-ring (bicyclic) bond motifs is 1. The van der Waals surface area contributed by atoms with Gasteiger partial charge in [-0.25, -0.2) is 9.37 Å². The summed E-state index contributed by atoms with van der Waals surface area (Å²) in [5.41, 5.74) is 1.69. The number of halogens is 1. The molecule has 0 radical (unpaired) electrons. The number of thiophene rings is 1. The topological polar surface area (TPSA) is 84.1 Å². The van der Waals surface area contributed by atoms with Crippen molar-refractivity contribution < 1.29 is 13.9 Å². The molecule has 0 aliphatic rings. The number of carbonyl (C=O) groups excluding carboxylic acids is 1. The number of amides is 1. The van der Waals surface area contributed by atoms with Gasteiger partial charge >= 0.3 is 0 Å². The Morgan fingerprint density at radius 1 is 1.20 bits per heavy atom. The first-order chi connectivity index (χ1) is 14.5. The number of rotatable bonds is 5. The molecule has 0 aliphatic heterocycles. The molecule has 8 heteroatoms. The molecule has 0 aliphatic carbocycles. The van der Waals surface area contributed by atoms with Crippen LogP contribution in [0.15, 0.2) is 53.3 Å². The maximum Gasteiger partial charge on any atom is 0.260 e. The van der Waals surface area contributed by atoms with E-state index in [1.54, 1.807) is 36.4 Å². The number of ether oxygens (including phenoxy) is 1. The number of nitrogens with one attached hydrogen (secondary N) is 2. The maximum absolute atomic E-state index is 13.3. The normalized spacial score (nSPS) is 10.9. The Hall–Kier alpha value is -3.52. The molecule has 4 aromatic rings. The number of carbonyl (C=O) groups is 1. The second-order valence-electron chi connectivity index (χ2n) is 6.66. The monoisotopic (exact) mass is 423 g/mol. The number of benzene rings is 2. The van der Waals surface area contributed by atoms with Crippen molar-refractivity contribution in [1.29, 1.82) is 0 Å². The predicted molar refractivity (Wildman–Crippen MR) is 116 cm³/mol. The summed E-state index contributed by atoms with van der Waals surface area (Å²) >= 11 is 1.37. The van der Waals surface area contributed by atoms with Crippen LogP contribution in [0.5, 0.6) is 5.75 Å². The van der Waals surface area contributed by atoms with E-state index >= 15 is 0 Å². The fraction of sp³-hybridized carbons (Fsp3) is 0.136. The molecule has 0 fully saturated rings. The van der Waals surface area contributed by atoms with Gasteiger partial charge in [0.2, 0.25) is 5.91 Å². The summed E-state index contributed by atoms with van der Waals surface area (Å²) in [6, 6.07) is 13.1. The third kappa shape index (κ3) is 3.81. The minimum Gasteiger partial charge on any atom is -0.495 e. The number of nitrogens with zero attached hydrogens (tertiary/aromatic N) is 1. The number of methoxy groups -OCH3 is 1. The first kappa shape index (κ1) is 19.8. The van der Waals surface area contributed by atoms with E-state index in [1.807, 2.05) is 6.92 Å². The number of anilines is 1. The van der Waals surface area contributed by atoms with Gasteiger partial charge in [-0.1, -0.05) is 24.3 Å². The fourth-order valence-electron chi connectivity index (χ4n) is 3.31. The van der Waals surface area contributed by atoms with E-state index in [4.69, 9.17) is 4.74 Å². The van der Waals surface area contributed by atoms with Crippen molar-refractivity contribution >= 4 is 33.1 Å². The Morgan fingerprint density at radius 2 is 1.93 bits per heavy atom. The highest BCUT2D eigenvalue weighted by Crippen LogP contribution is 2.35. The molecule has 0 unspecified atom stereocenters. The summed E-state index contributed by atoms with van der Waals surface area (Å²) in [6.45, 7) is 1.89. The predicted octanol–water partition coefficient (Wildman–Crippen LogP) is 4.29. The van der Waals surface area contributed by atoms with E-state index in [-0.39, 0.29) is 29.5 Å². The number of para-hydroxylation sites is 2. The highest BCUT2D eigenvalue weighted by molar-refractivity contribution is 7.19. The van der Waals surface area contributed by atoms with Crippen LogP contribution in [0.3, 0.4) is 0 Å². The molecule has 30 heavy (non-hydrogen) atoms. The molecule has 0 spiro atoms. The summed E-state index contributed by atoms with van der Waals surface area (Å²) in [5.74, 6) is 0.146. The van der Waals surface area contributed by atoms with Crippen molar-refractivity contribution in [2.75, 3.05) is 12.4 Å². The Bertz CT molecular complexity index is 1300. The Kier molecular flexibility index (Phi) is 5.33. The molecular weight excluding hydrogens is 405 g/mol. The zero-order valence-electron chi connectivity index (χ0n) is 16.3. The number of hydrogen-bond acceptors (Lipinski definition) is 5. The maximum atomic E-state index is 13.3. The number of H-pyrrole nitrogens is 1. The highest BCUT2D eigenvalue weighted by atomic mass is 32.1. The van der Waals surface area contributed by atoms with Crippen molar-refractivity contribution in [3.05, 3.63) is 75.4 Å². The number of aryl methyl sites for hydroxylation is 1. The summed E-state index contributed by atoms with van der Waals surface area (Å²) in [4.78, 5) is 33.9. The zero-order chi connectivity index (χ0) is 21.3. The van der Waals surface area contributed by atoms with Gasteiger partial charge in [0.25, 0.3) is 5.56 Å². The lowest BCUT2D eigenvalue weighted by Gasteiger charge is -2.09. The van der Waals surface area contributed by atoms with Gasteiger partial charge in [-0.05, 0) is 36.8 Å². The van der Waals surface area contributed by atoms with E-state index in [0.29, 0.717) is 21.7 Å². The van der Waals surface area contributed by atoms with Crippen LogP contribution in [0.1, 0.15) is 10.7 Å². The third-order valence-electron chi connectivity index (χ3n) is 4.63. The fourth-order valence-corrected chi connectivity index (χ4v) is 4.37. The first-order valence-corrected chi connectivity index (χ1v) is 9.99. The minimum absolute atomic E-state index is 0.0912. The molecule has 2 N–H and O–H groups in total. The van der Waals surface area contributed by atoms with Crippen molar-refractivity contribution in [3.63, 3.8) is 0 Å². The molecule has 0 bridgehead atoms. The molecule has 0 atom stereocenters. The van der Waals surface area contributed by atoms with Crippen LogP contribution in [0.25, 0.3) is 21.3 Å². The largest absolute Gasteiger partial charge is 0.495 e. The van der Waals surface area contributed by atoms with Gasteiger partial charge in [0.1, 0.15) is 22.2 Å². The van der Waals surface area contributed by atoms with Crippen LogP contribution in [0.2, 0.25) is 0 Å². The molecule has 152 valence electrons. The van der Waals surface area contributed by atoms with Gasteiger partial charge in [0.15, 0.2) is 0 Å². The first-order valence-electron chi connectivity index (χ1n) is 9.17. The van der Waals surface area contributed by atoms with Crippen LogP contribution in [0, 0.1) is 12.7 Å². The highest BCUT2D eigenvalue weighted by Gasteiger charge is 2.18. The molecule has 2 aromatic heterocycles. The Balaban J connectivity index is 1.65. The molecule has 2 aromatic carbocycles. The molecule has 6 nitrogen and oxygen atoms in total. The lowest BCUT2D eigenvalue weighted by molar-refractivity contribution is -0.115. The summed E-state index contributed by atoms with van der Waals surface area (Å²) in [6.07, 6.45) is -0.0912. The van der Waals surface area contributed by atoms with E-state index in [0.717, 1.165) is 16.0 Å². The van der Waals surface area contributed by atoms with Gasteiger partial charge in [0, 0.05) is 10.4 Å². The Labute approximate surface area is 175 Å². The van der Waals surface area contributed by atoms with Crippen LogP contribution in [-0.4, -0.2) is 23.0 Å². The van der Waals surface area contributed by atoms with Crippen LogP contribution in [0.4, 0.5) is 10.1 Å². The van der Waals surface area contributed by atoms with Gasteiger partial charge in [-0.3, -0.25) is 9.59 Å². The standard InChI is InChI=1S/C22H18FN3O3S/c1-12-19(13-7-9-14(23)10-8-13)20-21(28)25-17(26-22(20)30-12)11-18(27)24-15-5-3-4-6-16(15)29-2/h3-10H,11H2,1-2H3,(H,24,27)(H,25,26,28). The van der Waals surface area contributed by atoms with Gasteiger partial charge in [0.05, 0.1) is 24.6 Å². The summed E-state index contributed by atoms with van der Waals surface area (Å²) in [5, 5.41) is 3.21. The van der Waals surface area contributed by atoms with Crippen LogP contribution < -0.4 is 15.6 Å². The second kappa shape index (κ2) is 8.08. The molecule has 0 saturated heterocycles. The third-order valence-corrected chi connectivity index (χ3v) is 5.63.